The topological polar surface area (TPSA) is 52.6 Å². The van der Waals surface area contributed by atoms with Gasteiger partial charge in [-0.1, -0.05) is 19.8 Å². The number of unbranched alkanes of at least 4 members (excludes halogenated alkanes) is 2. The third-order valence-corrected chi connectivity index (χ3v) is 3.55. The maximum atomic E-state index is 13.4. The van der Waals surface area contributed by atoms with Crippen molar-refractivity contribution in [2.45, 2.75) is 52.2 Å². The van der Waals surface area contributed by atoms with E-state index in [1.54, 1.807) is 6.92 Å². The molecular weight excluding hydrogens is 375 g/mol. The summed E-state index contributed by atoms with van der Waals surface area (Å²) in [5, 5.41) is 0. The second-order valence-corrected chi connectivity index (χ2v) is 5.73. The summed E-state index contributed by atoms with van der Waals surface area (Å²) < 4.78 is 75.3. The Hall–Kier alpha value is -2.45. The number of esters is 2. The van der Waals surface area contributed by atoms with Gasteiger partial charge in [0.2, 0.25) is 5.82 Å². The van der Waals surface area contributed by atoms with Crippen molar-refractivity contribution >= 4 is 11.9 Å². The first-order chi connectivity index (χ1) is 12.7. The molecule has 0 aliphatic rings. The molecule has 1 rings (SSSR count). The molecule has 4 nitrogen and oxygen atoms in total. The number of carbonyl (C=O) groups excluding carboxylic acids is 2. The monoisotopic (exact) mass is 394 g/mol. The van der Waals surface area contributed by atoms with E-state index in [9.17, 15) is 31.5 Å². The first kappa shape index (κ1) is 22.6. The van der Waals surface area contributed by atoms with Gasteiger partial charge in [-0.15, -0.1) is 0 Å². The smallest absolute Gasteiger partial charge is 0.331 e. The molecule has 0 spiro atoms. The molecule has 0 saturated carbocycles. The second kappa shape index (κ2) is 10.6. The van der Waals surface area contributed by atoms with Crippen LogP contribution in [-0.2, 0) is 25.7 Å². The van der Waals surface area contributed by atoms with Gasteiger partial charge in [0.05, 0.1) is 11.7 Å². The summed E-state index contributed by atoms with van der Waals surface area (Å²) in [5.41, 5.74) is -1.29. The lowest BCUT2D eigenvalue weighted by Gasteiger charge is -2.11. The highest BCUT2D eigenvalue weighted by Crippen LogP contribution is 2.23. The standard InChI is InChI=1S/C18H19F5O4/c1-3-4-5-6-10(2)27-13(25)8-7-12(24)26-9-11-14(19)16(21)18(23)17(22)15(11)20/h7-8,10H,3-6,9H2,1-2H3/b8-7+. The number of hydrogen-bond donors (Lipinski definition) is 0. The van der Waals surface area contributed by atoms with Gasteiger partial charge < -0.3 is 9.47 Å². The predicted octanol–water partition coefficient (Wildman–Crippen LogP) is 4.49. The number of benzene rings is 1. The molecule has 0 aliphatic carbocycles. The van der Waals surface area contributed by atoms with E-state index in [0.29, 0.717) is 12.5 Å². The Morgan fingerprint density at radius 1 is 0.889 bits per heavy atom. The number of rotatable bonds is 9. The van der Waals surface area contributed by atoms with E-state index >= 15 is 0 Å². The maximum absolute atomic E-state index is 13.4. The molecule has 0 fully saturated rings. The van der Waals surface area contributed by atoms with Crippen molar-refractivity contribution in [3.05, 3.63) is 46.8 Å². The zero-order valence-electron chi connectivity index (χ0n) is 14.8. The molecule has 0 radical (unpaired) electrons. The SMILES string of the molecule is CCCCCC(C)OC(=O)/C=C/C(=O)OCc1c(F)c(F)c(F)c(F)c1F. The molecule has 1 unspecified atom stereocenters. The van der Waals surface area contributed by atoms with Gasteiger partial charge in [0.15, 0.2) is 23.3 Å². The Bertz CT molecular complexity index is 689. The molecule has 1 aromatic carbocycles. The van der Waals surface area contributed by atoms with Crippen LogP contribution in [0.5, 0.6) is 0 Å². The predicted molar refractivity (Wildman–Crippen MR) is 84.9 cm³/mol. The average molecular weight is 394 g/mol. The summed E-state index contributed by atoms with van der Waals surface area (Å²) in [4.78, 5) is 23.0. The van der Waals surface area contributed by atoms with Crippen LogP contribution in [0.1, 0.15) is 45.1 Å². The van der Waals surface area contributed by atoms with Crippen LogP contribution in [0, 0.1) is 29.1 Å². The van der Waals surface area contributed by atoms with Gasteiger partial charge in [-0.2, -0.15) is 0 Å². The maximum Gasteiger partial charge on any atom is 0.331 e. The highest BCUT2D eigenvalue weighted by Gasteiger charge is 2.26. The largest absolute Gasteiger partial charge is 0.460 e. The van der Waals surface area contributed by atoms with Crippen LogP contribution in [0.4, 0.5) is 22.0 Å². The van der Waals surface area contributed by atoms with Gasteiger partial charge in [-0.3, -0.25) is 0 Å². The molecule has 0 saturated heterocycles. The Kier molecular flexibility index (Phi) is 8.90. The van der Waals surface area contributed by atoms with Crippen molar-refractivity contribution in [2.24, 2.45) is 0 Å². The van der Waals surface area contributed by atoms with Crippen LogP contribution in [0.25, 0.3) is 0 Å². The highest BCUT2D eigenvalue weighted by molar-refractivity contribution is 5.91. The van der Waals surface area contributed by atoms with E-state index in [2.05, 4.69) is 4.74 Å². The van der Waals surface area contributed by atoms with Crippen LogP contribution in [-0.4, -0.2) is 18.0 Å². The minimum atomic E-state index is -2.31. The normalized spacial score (nSPS) is 12.3. The Balaban J connectivity index is 2.59. The molecule has 0 aromatic heterocycles. The van der Waals surface area contributed by atoms with Crippen molar-refractivity contribution < 1.29 is 41.0 Å². The highest BCUT2D eigenvalue weighted by atomic mass is 19.2. The van der Waals surface area contributed by atoms with Crippen molar-refractivity contribution in [2.75, 3.05) is 0 Å². The van der Waals surface area contributed by atoms with E-state index < -0.39 is 53.2 Å². The first-order valence-electron chi connectivity index (χ1n) is 8.24. The Labute approximate surface area is 152 Å². The summed E-state index contributed by atoms with van der Waals surface area (Å²) in [6.07, 6.45) is 4.54. The van der Waals surface area contributed by atoms with Crippen molar-refractivity contribution in [3.8, 4) is 0 Å². The molecule has 150 valence electrons. The van der Waals surface area contributed by atoms with Crippen molar-refractivity contribution in [1.29, 1.82) is 0 Å². The number of hydrogen-bond acceptors (Lipinski definition) is 4. The number of carbonyl (C=O) groups is 2. The number of halogens is 5. The summed E-state index contributed by atoms with van der Waals surface area (Å²) in [6, 6.07) is 0. The van der Waals surface area contributed by atoms with E-state index in [4.69, 9.17) is 4.74 Å². The summed E-state index contributed by atoms with van der Waals surface area (Å²) in [5.74, 6) is -12.8. The Morgan fingerprint density at radius 3 is 1.96 bits per heavy atom. The molecule has 0 amide bonds. The fourth-order valence-electron chi connectivity index (χ4n) is 2.08. The number of ether oxygens (including phenoxy) is 2. The minimum Gasteiger partial charge on any atom is -0.460 e. The fourth-order valence-corrected chi connectivity index (χ4v) is 2.08. The lowest BCUT2D eigenvalue weighted by atomic mass is 10.1. The van der Waals surface area contributed by atoms with Crippen LogP contribution < -0.4 is 0 Å². The van der Waals surface area contributed by atoms with Crippen molar-refractivity contribution in [1.82, 2.24) is 0 Å². The quantitative estimate of drug-likeness (QED) is 0.155. The van der Waals surface area contributed by atoms with Crippen LogP contribution in [0.3, 0.4) is 0 Å². The van der Waals surface area contributed by atoms with E-state index in [1.165, 1.54) is 0 Å². The fraction of sp³-hybridized carbons (Fsp3) is 0.444. The second-order valence-electron chi connectivity index (χ2n) is 5.73. The van der Waals surface area contributed by atoms with Crippen molar-refractivity contribution in [3.63, 3.8) is 0 Å². The van der Waals surface area contributed by atoms with Crippen LogP contribution >= 0.6 is 0 Å². The molecular formula is C18H19F5O4. The molecule has 9 heteroatoms. The molecule has 0 bridgehead atoms. The van der Waals surface area contributed by atoms with Gasteiger partial charge in [-0.05, 0) is 19.8 Å². The molecule has 1 aromatic rings. The molecule has 0 aliphatic heterocycles. The zero-order valence-corrected chi connectivity index (χ0v) is 14.8. The lowest BCUT2D eigenvalue weighted by molar-refractivity contribution is -0.144. The average Bonchev–Trinajstić information content (AvgIpc) is 2.63. The summed E-state index contributed by atoms with van der Waals surface area (Å²) in [7, 11) is 0. The molecule has 1 atom stereocenters. The minimum absolute atomic E-state index is 0.363. The lowest BCUT2D eigenvalue weighted by Crippen LogP contribution is -2.14. The van der Waals surface area contributed by atoms with Gasteiger partial charge >= 0.3 is 11.9 Å². The first-order valence-corrected chi connectivity index (χ1v) is 8.24. The van der Waals surface area contributed by atoms with Crippen LogP contribution in [0.15, 0.2) is 12.2 Å². The van der Waals surface area contributed by atoms with E-state index in [0.717, 1.165) is 25.3 Å². The van der Waals surface area contributed by atoms with Gasteiger partial charge in [0.1, 0.15) is 6.61 Å². The Morgan fingerprint density at radius 2 is 1.41 bits per heavy atom. The molecule has 27 heavy (non-hydrogen) atoms. The third kappa shape index (κ3) is 6.65. The molecule has 0 N–H and O–H groups in total. The van der Waals surface area contributed by atoms with E-state index in [1.807, 2.05) is 6.92 Å². The molecule has 0 heterocycles. The third-order valence-electron chi connectivity index (χ3n) is 3.55. The zero-order chi connectivity index (χ0) is 20.6. The van der Waals surface area contributed by atoms with Gasteiger partial charge in [-0.25, -0.2) is 31.5 Å². The summed E-state index contributed by atoms with van der Waals surface area (Å²) in [6.45, 7) is 2.51. The van der Waals surface area contributed by atoms with Gasteiger partial charge in [0, 0.05) is 12.2 Å². The van der Waals surface area contributed by atoms with Gasteiger partial charge in [0.25, 0.3) is 0 Å². The summed E-state index contributed by atoms with van der Waals surface area (Å²) >= 11 is 0. The van der Waals surface area contributed by atoms with Crippen LogP contribution in [0.2, 0.25) is 0 Å². The van der Waals surface area contributed by atoms with E-state index in [-0.39, 0.29) is 6.10 Å².